The summed E-state index contributed by atoms with van der Waals surface area (Å²) < 4.78 is 5.37. The molecule has 3 nitrogen and oxygen atoms in total. The molecule has 0 radical (unpaired) electrons. The van der Waals surface area contributed by atoms with Crippen molar-refractivity contribution < 1.29 is 9.53 Å². The lowest BCUT2D eigenvalue weighted by Crippen LogP contribution is -2.41. The zero-order valence-corrected chi connectivity index (χ0v) is 11.1. The van der Waals surface area contributed by atoms with E-state index in [0.717, 1.165) is 25.9 Å². The molecule has 0 saturated carbocycles. The van der Waals surface area contributed by atoms with Crippen molar-refractivity contribution in [3.05, 3.63) is 22.4 Å². The molecule has 3 aliphatic rings. The maximum atomic E-state index is 12.4. The van der Waals surface area contributed by atoms with Crippen LogP contribution in [0.3, 0.4) is 0 Å². The molecular formula is C14H17NO2S. The number of ether oxygens (including phenoxy) is 1. The number of thiophene rings is 1. The SMILES string of the molecule is O=C1OCC[C@]12[C@@H]1CCCN1C[C@H]2c1cccs1. The normalized spacial score (nSPS) is 39.4. The largest absolute Gasteiger partial charge is 0.465 e. The third kappa shape index (κ3) is 1.25. The highest BCUT2D eigenvalue weighted by Gasteiger charge is 2.63. The van der Waals surface area contributed by atoms with Gasteiger partial charge in [0.2, 0.25) is 0 Å². The molecule has 0 N–H and O–H groups in total. The van der Waals surface area contributed by atoms with Gasteiger partial charge in [-0.1, -0.05) is 6.07 Å². The molecule has 4 heteroatoms. The van der Waals surface area contributed by atoms with Gasteiger partial charge < -0.3 is 4.74 Å². The summed E-state index contributed by atoms with van der Waals surface area (Å²) in [5.74, 6) is 0.424. The zero-order chi connectivity index (χ0) is 12.2. The average Bonchev–Trinajstić information content (AvgIpc) is 3.09. The minimum Gasteiger partial charge on any atom is -0.465 e. The molecule has 1 spiro atoms. The number of nitrogens with zero attached hydrogens (tertiary/aromatic N) is 1. The monoisotopic (exact) mass is 263 g/mol. The van der Waals surface area contributed by atoms with Gasteiger partial charge in [0.15, 0.2) is 0 Å². The predicted molar refractivity (Wildman–Crippen MR) is 69.7 cm³/mol. The number of carbonyl (C=O) groups excluding carboxylic acids is 1. The maximum absolute atomic E-state index is 12.4. The summed E-state index contributed by atoms with van der Waals surface area (Å²) in [4.78, 5) is 16.3. The van der Waals surface area contributed by atoms with Crippen LogP contribution in [0.5, 0.6) is 0 Å². The molecule has 3 fully saturated rings. The first-order valence-electron chi connectivity index (χ1n) is 6.77. The van der Waals surface area contributed by atoms with Crippen molar-refractivity contribution in [2.24, 2.45) is 5.41 Å². The lowest BCUT2D eigenvalue weighted by atomic mass is 9.70. The first kappa shape index (κ1) is 11.0. The molecule has 0 aromatic carbocycles. The van der Waals surface area contributed by atoms with Crippen molar-refractivity contribution >= 4 is 17.3 Å². The van der Waals surface area contributed by atoms with Gasteiger partial charge in [0, 0.05) is 23.4 Å². The van der Waals surface area contributed by atoms with Crippen molar-refractivity contribution in [3.8, 4) is 0 Å². The Hall–Kier alpha value is -0.870. The van der Waals surface area contributed by atoms with Crippen LogP contribution < -0.4 is 0 Å². The van der Waals surface area contributed by atoms with Crippen LogP contribution in [0.4, 0.5) is 0 Å². The Labute approximate surface area is 111 Å². The highest BCUT2D eigenvalue weighted by Crippen LogP contribution is 2.56. The predicted octanol–water partition coefficient (Wildman–Crippen LogP) is 2.24. The Kier molecular flexibility index (Phi) is 2.33. The number of carbonyl (C=O) groups is 1. The van der Waals surface area contributed by atoms with Crippen LogP contribution in [-0.4, -0.2) is 36.6 Å². The topological polar surface area (TPSA) is 29.5 Å². The Morgan fingerprint density at radius 3 is 3.17 bits per heavy atom. The maximum Gasteiger partial charge on any atom is 0.314 e. The van der Waals surface area contributed by atoms with Crippen LogP contribution in [-0.2, 0) is 9.53 Å². The molecule has 96 valence electrons. The summed E-state index contributed by atoms with van der Waals surface area (Å²) in [5, 5.41) is 2.12. The molecule has 3 aliphatic heterocycles. The first-order chi connectivity index (χ1) is 8.82. The minimum atomic E-state index is -0.235. The van der Waals surface area contributed by atoms with Crippen LogP contribution in [0.25, 0.3) is 0 Å². The van der Waals surface area contributed by atoms with Gasteiger partial charge in [-0.2, -0.15) is 0 Å². The van der Waals surface area contributed by atoms with Crippen molar-refractivity contribution in [1.82, 2.24) is 4.90 Å². The van der Waals surface area contributed by atoms with E-state index in [2.05, 4.69) is 22.4 Å². The fraction of sp³-hybridized carbons (Fsp3) is 0.643. The molecule has 1 aromatic heterocycles. The molecule has 0 aliphatic carbocycles. The number of fused-ring (bicyclic) bond motifs is 2. The zero-order valence-electron chi connectivity index (χ0n) is 10.3. The smallest absolute Gasteiger partial charge is 0.314 e. The molecule has 3 saturated heterocycles. The lowest BCUT2D eigenvalue weighted by Gasteiger charge is -2.30. The molecule has 1 aromatic rings. The van der Waals surface area contributed by atoms with E-state index in [4.69, 9.17) is 4.74 Å². The second kappa shape index (κ2) is 3.81. The summed E-state index contributed by atoms with van der Waals surface area (Å²) >= 11 is 1.79. The highest BCUT2D eigenvalue weighted by atomic mass is 32.1. The van der Waals surface area contributed by atoms with Gasteiger partial charge in [-0.25, -0.2) is 0 Å². The third-order valence-corrected chi connectivity index (χ3v) is 6.00. The number of cyclic esters (lactones) is 1. The van der Waals surface area contributed by atoms with E-state index in [9.17, 15) is 4.79 Å². The fourth-order valence-corrected chi connectivity index (χ4v) is 5.18. The second-order valence-corrected chi connectivity index (χ2v) is 6.63. The summed E-state index contributed by atoms with van der Waals surface area (Å²) in [6.07, 6.45) is 3.31. The van der Waals surface area contributed by atoms with Crippen molar-refractivity contribution in [2.75, 3.05) is 19.7 Å². The molecule has 0 amide bonds. The second-order valence-electron chi connectivity index (χ2n) is 5.65. The third-order valence-electron chi connectivity index (χ3n) is 5.01. The molecule has 18 heavy (non-hydrogen) atoms. The summed E-state index contributed by atoms with van der Waals surface area (Å²) in [6, 6.07) is 4.71. The van der Waals surface area contributed by atoms with Gasteiger partial charge in [0.05, 0.1) is 12.0 Å². The van der Waals surface area contributed by atoms with E-state index >= 15 is 0 Å². The molecule has 0 unspecified atom stereocenters. The Bertz CT molecular complexity index is 472. The van der Waals surface area contributed by atoms with Crippen molar-refractivity contribution in [2.45, 2.75) is 31.2 Å². The van der Waals surface area contributed by atoms with Gasteiger partial charge in [0.1, 0.15) is 0 Å². The van der Waals surface area contributed by atoms with Crippen LogP contribution in [0.2, 0.25) is 0 Å². The summed E-state index contributed by atoms with van der Waals surface area (Å²) in [7, 11) is 0. The van der Waals surface area contributed by atoms with Crippen LogP contribution in [0, 0.1) is 5.41 Å². The average molecular weight is 263 g/mol. The highest BCUT2D eigenvalue weighted by molar-refractivity contribution is 7.10. The van der Waals surface area contributed by atoms with Gasteiger partial charge in [0.25, 0.3) is 0 Å². The van der Waals surface area contributed by atoms with Crippen LogP contribution >= 0.6 is 11.3 Å². The number of hydrogen-bond donors (Lipinski definition) is 0. The standard InChI is InChI=1S/C14H17NO2S/c16-13-14(5-7-17-13)10(11-3-2-8-18-11)9-15-6-1-4-12(14)15/h2-3,8,10,12H,1,4-7,9H2/t10-,12-,14-/m0/s1. The van der Waals surface area contributed by atoms with Gasteiger partial charge in [-0.05, 0) is 37.3 Å². The van der Waals surface area contributed by atoms with E-state index in [1.54, 1.807) is 11.3 Å². The van der Waals surface area contributed by atoms with Crippen LogP contribution in [0.15, 0.2) is 17.5 Å². The number of rotatable bonds is 1. The van der Waals surface area contributed by atoms with E-state index in [0.29, 0.717) is 18.6 Å². The fourth-order valence-electron chi connectivity index (χ4n) is 4.26. The van der Waals surface area contributed by atoms with Crippen molar-refractivity contribution in [1.29, 1.82) is 0 Å². The van der Waals surface area contributed by atoms with Gasteiger partial charge >= 0.3 is 5.97 Å². The Morgan fingerprint density at radius 2 is 2.44 bits per heavy atom. The van der Waals surface area contributed by atoms with E-state index in [-0.39, 0.29) is 11.4 Å². The quantitative estimate of drug-likeness (QED) is 0.728. The Morgan fingerprint density at radius 1 is 1.50 bits per heavy atom. The van der Waals surface area contributed by atoms with Gasteiger partial charge in [-0.3, -0.25) is 9.69 Å². The van der Waals surface area contributed by atoms with E-state index in [1.165, 1.54) is 11.3 Å². The van der Waals surface area contributed by atoms with Crippen LogP contribution in [0.1, 0.15) is 30.1 Å². The lowest BCUT2D eigenvalue weighted by molar-refractivity contribution is -0.147. The molecule has 3 atom stereocenters. The first-order valence-corrected chi connectivity index (χ1v) is 7.65. The van der Waals surface area contributed by atoms with Gasteiger partial charge in [-0.15, -0.1) is 11.3 Å². The molecular weight excluding hydrogens is 246 g/mol. The Balaban J connectivity index is 1.81. The summed E-state index contributed by atoms with van der Waals surface area (Å²) in [6.45, 7) is 2.81. The summed E-state index contributed by atoms with van der Waals surface area (Å²) in [5.41, 5.74) is -0.235. The van der Waals surface area contributed by atoms with Crippen molar-refractivity contribution in [3.63, 3.8) is 0 Å². The minimum absolute atomic E-state index is 0.0651. The van der Waals surface area contributed by atoms with E-state index in [1.807, 2.05) is 0 Å². The van der Waals surface area contributed by atoms with E-state index < -0.39 is 0 Å². The molecule has 0 bridgehead atoms. The number of hydrogen-bond acceptors (Lipinski definition) is 4. The molecule has 4 heterocycles. The molecule has 4 rings (SSSR count). The number of esters is 1.